The zero-order valence-corrected chi connectivity index (χ0v) is 13.6. The Morgan fingerprint density at radius 3 is 2.87 bits per heavy atom. The lowest BCUT2D eigenvalue weighted by atomic mass is 9.85. The summed E-state index contributed by atoms with van der Waals surface area (Å²) in [6.45, 7) is 0.760. The van der Waals surface area contributed by atoms with Crippen molar-refractivity contribution in [3.05, 3.63) is 29.7 Å². The highest BCUT2D eigenvalue weighted by Gasteiger charge is 2.48. The molecule has 5 nitrogen and oxygen atoms in total. The molecular formula is C17H20ClN3O2. The maximum atomic E-state index is 6.37. The van der Waals surface area contributed by atoms with Crippen molar-refractivity contribution in [3.63, 3.8) is 0 Å². The second kappa shape index (κ2) is 5.49. The van der Waals surface area contributed by atoms with E-state index in [-0.39, 0.29) is 24.4 Å². The van der Waals surface area contributed by atoms with Crippen molar-refractivity contribution in [3.8, 4) is 17.1 Å². The number of rotatable bonds is 2. The normalized spacial score (nSPS) is 30.8. The van der Waals surface area contributed by atoms with Gasteiger partial charge in [-0.3, -0.25) is 0 Å². The molecule has 5 rings (SSSR count). The fourth-order valence-electron chi connectivity index (χ4n) is 4.52. The predicted octanol–water partition coefficient (Wildman–Crippen LogP) is 2.93. The van der Waals surface area contributed by atoms with Crippen LogP contribution in [0.2, 0.25) is 0 Å². The van der Waals surface area contributed by atoms with Crippen LogP contribution in [-0.4, -0.2) is 22.8 Å². The second-order valence-corrected chi connectivity index (χ2v) is 6.81. The molecule has 2 aromatic rings. The van der Waals surface area contributed by atoms with E-state index in [1.165, 1.54) is 24.8 Å². The summed E-state index contributed by atoms with van der Waals surface area (Å²) in [6.07, 6.45) is 4.68. The smallest absolute Gasteiger partial charge is 0.231 e. The van der Waals surface area contributed by atoms with Crippen LogP contribution < -0.4 is 10.5 Å². The van der Waals surface area contributed by atoms with E-state index >= 15 is 0 Å². The lowest BCUT2D eigenvalue weighted by Crippen LogP contribution is -2.34. The molecule has 0 spiro atoms. The van der Waals surface area contributed by atoms with Crippen LogP contribution in [0.15, 0.2) is 22.7 Å². The number of nitrogens with zero attached hydrogens (tertiary/aromatic N) is 2. The molecule has 122 valence electrons. The molecule has 2 heterocycles. The summed E-state index contributed by atoms with van der Waals surface area (Å²) in [5.74, 6) is 3.88. The minimum Gasteiger partial charge on any atom is -0.493 e. The quantitative estimate of drug-likeness (QED) is 0.914. The van der Waals surface area contributed by atoms with E-state index < -0.39 is 0 Å². The van der Waals surface area contributed by atoms with Crippen molar-refractivity contribution < 1.29 is 9.26 Å². The number of hydrogen-bond acceptors (Lipinski definition) is 5. The lowest BCUT2D eigenvalue weighted by Gasteiger charge is -2.24. The summed E-state index contributed by atoms with van der Waals surface area (Å²) in [6, 6.07) is 6.29. The highest BCUT2D eigenvalue weighted by atomic mass is 35.5. The zero-order valence-electron chi connectivity index (χ0n) is 12.8. The molecule has 4 atom stereocenters. The third kappa shape index (κ3) is 2.25. The minimum atomic E-state index is 0. The monoisotopic (exact) mass is 333 g/mol. The van der Waals surface area contributed by atoms with E-state index in [1.54, 1.807) is 0 Å². The first-order valence-electron chi connectivity index (χ1n) is 8.15. The first kappa shape index (κ1) is 15.0. The minimum absolute atomic E-state index is 0. The topological polar surface area (TPSA) is 74.2 Å². The van der Waals surface area contributed by atoms with Gasteiger partial charge in [-0.2, -0.15) is 4.98 Å². The average molecular weight is 334 g/mol. The number of ether oxygens (including phenoxy) is 1. The molecule has 1 aliphatic heterocycles. The van der Waals surface area contributed by atoms with Crippen molar-refractivity contribution >= 4 is 12.4 Å². The maximum absolute atomic E-state index is 6.37. The summed E-state index contributed by atoms with van der Waals surface area (Å²) in [5.41, 5.74) is 8.59. The van der Waals surface area contributed by atoms with Crippen molar-refractivity contribution in [1.29, 1.82) is 0 Å². The molecule has 2 N–H and O–H groups in total. The Hall–Kier alpha value is -1.59. The van der Waals surface area contributed by atoms with Crippen LogP contribution in [0.1, 0.15) is 36.6 Å². The van der Waals surface area contributed by atoms with Crippen LogP contribution in [0, 0.1) is 11.8 Å². The fourth-order valence-corrected chi connectivity index (χ4v) is 4.52. The number of nitrogens with two attached hydrogens (primary N) is 1. The SMILES string of the molecule is Cl.NC1C2CCC(C2)C1c1nc(-c2ccc3c(c2)CCO3)no1. The fraction of sp³-hybridized carbons (Fsp3) is 0.529. The molecule has 2 bridgehead atoms. The third-order valence-corrected chi connectivity index (χ3v) is 5.66. The molecule has 2 saturated carbocycles. The predicted molar refractivity (Wildman–Crippen MR) is 87.7 cm³/mol. The molecular weight excluding hydrogens is 314 g/mol. The summed E-state index contributed by atoms with van der Waals surface area (Å²) in [5, 5.41) is 4.19. The van der Waals surface area contributed by atoms with Gasteiger partial charge in [0.05, 0.1) is 12.5 Å². The molecule has 4 unspecified atom stereocenters. The lowest BCUT2D eigenvalue weighted by molar-refractivity contribution is 0.279. The van der Waals surface area contributed by atoms with Gasteiger partial charge < -0.3 is 15.0 Å². The zero-order chi connectivity index (χ0) is 14.7. The van der Waals surface area contributed by atoms with E-state index in [0.29, 0.717) is 17.7 Å². The van der Waals surface area contributed by atoms with E-state index in [9.17, 15) is 0 Å². The molecule has 23 heavy (non-hydrogen) atoms. The Bertz CT molecular complexity index is 730. The molecule has 2 fully saturated rings. The van der Waals surface area contributed by atoms with Gasteiger partial charge in [0, 0.05) is 18.0 Å². The highest BCUT2D eigenvalue weighted by Crippen LogP contribution is 2.51. The van der Waals surface area contributed by atoms with E-state index in [1.807, 2.05) is 12.1 Å². The van der Waals surface area contributed by atoms with Crippen molar-refractivity contribution in [2.45, 2.75) is 37.6 Å². The van der Waals surface area contributed by atoms with Gasteiger partial charge in [-0.15, -0.1) is 12.4 Å². The van der Waals surface area contributed by atoms with Gasteiger partial charge in [0.25, 0.3) is 0 Å². The number of benzene rings is 1. The van der Waals surface area contributed by atoms with Crippen LogP contribution >= 0.6 is 12.4 Å². The van der Waals surface area contributed by atoms with Crippen molar-refractivity contribution in [2.24, 2.45) is 17.6 Å². The van der Waals surface area contributed by atoms with Crippen LogP contribution in [0.25, 0.3) is 11.4 Å². The van der Waals surface area contributed by atoms with E-state index in [2.05, 4.69) is 16.2 Å². The molecule has 1 aromatic carbocycles. The number of hydrogen-bond donors (Lipinski definition) is 1. The summed E-state index contributed by atoms with van der Waals surface area (Å²) >= 11 is 0. The summed E-state index contributed by atoms with van der Waals surface area (Å²) < 4.78 is 11.1. The highest BCUT2D eigenvalue weighted by molar-refractivity contribution is 5.85. The Kier molecular flexibility index (Phi) is 3.58. The molecule has 0 saturated heterocycles. The first-order chi connectivity index (χ1) is 10.8. The van der Waals surface area contributed by atoms with Crippen molar-refractivity contribution in [2.75, 3.05) is 6.61 Å². The van der Waals surface area contributed by atoms with Gasteiger partial charge in [0.2, 0.25) is 11.7 Å². The number of aromatic nitrogens is 2. The standard InChI is InChI=1S/C17H19N3O2.ClH/c18-15-11-2-1-10(8-11)14(15)17-19-16(20-22-17)12-3-4-13-9(7-12)5-6-21-13;/h3-4,7,10-11,14-15H,1-2,5-6,8,18H2;1H. The van der Waals surface area contributed by atoms with Crippen LogP contribution in [0.4, 0.5) is 0 Å². The molecule has 6 heteroatoms. The molecule has 3 aliphatic rings. The van der Waals surface area contributed by atoms with Gasteiger partial charge in [0.1, 0.15) is 5.75 Å². The van der Waals surface area contributed by atoms with E-state index in [4.69, 9.17) is 15.0 Å². The first-order valence-corrected chi connectivity index (χ1v) is 8.15. The Morgan fingerprint density at radius 2 is 2.04 bits per heavy atom. The average Bonchev–Trinajstić information content (AvgIpc) is 3.29. The molecule has 0 radical (unpaired) electrons. The summed E-state index contributed by atoms with van der Waals surface area (Å²) in [7, 11) is 0. The Morgan fingerprint density at radius 1 is 1.17 bits per heavy atom. The van der Waals surface area contributed by atoms with Gasteiger partial charge in [-0.05, 0) is 54.9 Å². The molecule has 0 amide bonds. The van der Waals surface area contributed by atoms with Crippen LogP contribution in [-0.2, 0) is 6.42 Å². The Balaban J connectivity index is 0.00000135. The van der Waals surface area contributed by atoms with E-state index in [0.717, 1.165) is 30.2 Å². The third-order valence-electron chi connectivity index (χ3n) is 5.66. The van der Waals surface area contributed by atoms with Gasteiger partial charge >= 0.3 is 0 Å². The number of fused-ring (bicyclic) bond motifs is 3. The van der Waals surface area contributed by atoms with Gasteiger partial charge in [0.15, 0.2) is 0 Å². The van der Waals surface area contributed by atoms with Crippen LogP contribution in [0.3, 0.4) is 0 Å². The largest absolute Gasteiger partial charge is 0.493 e. The van der Waals surface area contributed by atoms with Crippen LogP contribution in [0.5, 0.6) is 5.75 Å². The second-order valence-electron chi connectivity index (χ2n) is 6.81. The number of halogens is 1. The van der Waals surface area contributed by atoms with Gasteiger partial charge in [-0.1, -0.05) is 5.16 Å². The Labute approximate surface area is 141 Å². The summed E-state index contributed by atoms with van der Waals surface area (Å²) in [4.78, 5) is 4.66. The van der Waals surface area contributed by atoms with Gasteiger partial charge in [-0.25, -0.2) is 0 Å². The van der Waals surface area contributed by atoms with Crippen molar-refractivity contribution in [1.82, 2.24) is 10.1 Å². The maximum Gasteiger partial charge on any atom is 0.231 e. The molecule has 2 aliphatic carbocycles. The molecule has 1 aromatic heterocycles.